The maximum absolute atomic E-state index is 5.46. The molecule has 11 heavy (non-hydrogen) atoms. The summed E-state index contributed by atoms with van der Waals surface area (Å²) in [5.41, 5.74) is 10.3. The van der Waals surface area contributed by atoms with Gasteiger partial charge in [-0.2, -0.15) is 10.5 Å². The van der Waals surface area contributed by atoms with Crippen LogP contribution in [0.5, 0.6) is 0 Å². The van der Waals surface area contributed by atoms with Gasteiger partial charge in [-0.25, -0.2) is 0 Å². The van der Waals surface area contributed by atoms with E-state index in [2.05, 4.69) is 10.5 Å². The molecule has 1 aliphatic heterocycles. The van der Waals surface area contributed by atoms with Crippen molar-refractivity contribution < 1.29 is 0 Å². The zero-order valence-corrected chi connectivity index (χ0v) is 5.99. The normalized spacial score (nSPS) is 12.8. The second-order valence-electron chi connectivity index (χ2n) is 2.44. The van der Waals surface area contributed by atoms with Gasteiger partial charge in [-0.1, -0.05) is 12.1 Å². The topological polar surface area (TPSA) is 52.5 Å². The lowest BCUT2D eigenvalue weighted by Gasteiger charge is -1.91. The van der Waals surface area contributed by atoms with E-state index in [0.717, 1.165) is 16.1 Å². The monoisotopic (exact) mass is 146 g/mol. The number of benzene rings is 1. The van der Waals surface area contributed by atoms with Crippen molar-refractivity contribution in [3.63, 3.8) is 0 Å². The van der Waals surface area contributed by atoms with Gasteiger partial charge in [0.1, 0.15) is 0 Å². The molecule has 1 heterocycles. The zero-order chi connectivity index (χ0) is 7.68. The largest absolute Gasteiger partial charge is 0.326 e. The Morgan fingerprint density at radius 1 is 1.36 bits per heavy atom. The molecule has 0 amide bonds. The number of rotatable bonds is 1. The second-order valence-corrected chi connectivity index (χ2v) is 2.44. The Morgan fingerprint density at radius 3 is 3.09 bits per heavy atom. The van der Waals surface area contributed by atoms with Crippen LogP contribution in [0.15, 0.2) is 23.3 Å². The first-order valence-electron chi connectivity index (χ1n) is 3.47. The van der Waals surface area contributed by atoms with Gasteiger partial charge < -0.3 is 5.73 Å². The third kappa shape index (κ3) is 0.991. The molecular formula is C8H8N3. The highest BCUT2D eigenvalue weighted by molar-refractivity contribution is 5.27. The summed E-state index contributed by atoms with van der Waals surface area (Å²) in [4.78, 5) is 0. The van der Waals surface area contributed by atoms with Gasteiger partial charge in [0, 0.05) is 11.8 Å². The van der Waals surface area contributed by atoms with Crippen molar-refractivity contribution in [3.05, 3.63) is 34.3 Å². The predicted molar refractivity (Wildman–Crippen MR) is 41.7 cm³/mol. The maximum atomic E-state index is 5.46. The first kappa shape index (κ1) is 6.37. The van der Waals surface area contributed by atoms with Crippen molar-refractivity contribution >= 4 is 6.20 Å². The Kier molecular flexibility index (Phi) is 1.36. The molecule has 2 rings (SSSR count). The zero-order valence-electron chi connectivity index (χ0n) is 5.99. The molecule has 0 unspecified atom stereocenters. The summed E-state index contributed by atoms with van der Waals surface area (Å²) in [5.74, 6) is 0. The fourth-order valence-electron chi connectivity index (χ4n) is 1.07. The molecule has 0 saturated carbocycles. The molecule has 3 heteroatoms. The molecule has 55 valence electrons. The number of nitrogens with zero attached hydrogens (tertiary/aromatic N) is 2. The number of fused-ring (bicyclic) bond motifs is 1. The second kappa shape index (κ2) is 2.36. The fraction of sp³-hybridized carbons (Fsp3) is 0.125. The average molecular weight is 146 g/mol. The van der Waals surface area contributed by atoms with Gasteiger partial charge in [0.15, 0.2) is 0 Å². The Hall–Kier alpha value is -1.35. The Morgan fingerprint density at radius 2 is 2.27 bits per heavy atom. The molecular weight excluding hydrogens is 138 g/mol. The molecule has 3 nitrogen and oxygen atoms in total. The minimum absolute atomic E-state index is 0.558. The van der Waals surface area contributed by atoms with Crippen LogP contribution >= 0.6 is 0 Å². The highest BCUT2D eigenvalue weighted by atomic mass is 15.3. The summed E-state index contributed by atoms with van der Waals surface area (Å²) < 4.78 is 0. The van der Waals surface area contributed by atoms with E-state index in [1.54, 1.807) is 6.20 Å². The minimum Gasteiger partial charge on any atom is -0.326 e. The van der Waals surface area contributed by atoms with Crippen molar-refractivity contribution in [1.29, 1.82) is 0 Å². The van der Waals surface area contributed by atoms with E-state index in [1.165, 1.54) is 0 Å². The van der Waals surface area contributed by atoms with Crippen LogP contribution in [-0.4, -0.2) is 0 Å². The highest BCUT2D eigenvalue weighted by Crippen LogP contribution is 1.89. The van der Waals surface area contributed by atoms with Crippen LogP contribution in [0.1, 0.15) is 5.56 Å². The predicted octanol–water partition coefficient (Wildman–Crippen LogP) is -0.964. The maximum Gasteiger partial charge on any atom is 0.0948 e. The fourth-order valence-corrected chi connectivity index (χ4v) is 1.07. The van der Waals surface area contributed by atoms with Crippen LogP contribution in [0.25, 0.3) is 6.20 Å². The lowest BCUT2D eigenvalue weighted by Crippen LogP contribution is -2.22. The molecule has 1 aromatic carbocycles. The molecule has 0 aromatic heterocycles. The summed E-state index contributed by atoms with van der Waals surface area (Å²) in [5, 5.41) is 5.92. The van der Waals surface area contributed by atoms with Gasteiger partial charge in [0.05, 0.1) is 11.6 Å². The highest BCUT2D eigenvalue weighted by Gasteiger charge is 1.95. The molecule has 1 aromatic rings. The number of nitrogens with two attached hydrogens (primary N) is 1. The minimum atomic E-state index is 0.558. The number of hydrogen-bond acceptors (Lipinski definition) is 2. The van der Waals surface area contributed by atoms with Crippen LogP contribution < -0.4 is 21.7 Å². The molecule has 0 bridgehead atoms. The van der Waals surface area contributed by atoms with Gasteiger partial charge >= 0.3 is 0 Å². The Labute approximate surface area is 64.2 Å². The quantitative estimate of drug-likeness (QED) is 0.545. The summed E-state index contributed by atoms with van der Waals surface area (Å²) in [7, 11) is 0. The van der Waals surface area contributed by atoms with Crippen LogP contribution in [0.4, 0.5) is 0 Å². The van der Waals surface area contributed by atoms with E-state index >= 15 is 0 Å². The third-order valence-corrected chi connectivity index (χ3v) is 1.69. The lowest BCUT2D eigenvalue weighted by molar-refractivity contribution is 0.973. The van der Waals surface area contributed by atoms with Gasteiger partial charge in [0.2, 0.25) is 0 Å². The lowest BCUT2D eigenvalue weighted by atomic mass is 10.2. The van der Waals surface area contributed by atoms with Crippen LogP contribution in [0.2, 0.25) is 0 Å². The van der Waals surface area contributed by atoms with Crippen molar-refractivity contribution in [3.8, 4) is 0 Å². The molecule has 0 aliphatic carbocycles. The molecule has 1 radical (unpaired) electrons. The van der Waals surface area contributed by atoms with Crippen molar-refractivity contribution in [2.45, 2.75) is 6.54 Å². The van der Waals surface area contributed by atoms with E-state index in [0.29, 0.717) is 6.54 Å². The average Bonchev–Trinajstić information content (AvgIpc) is 2.50. The van der Waals surface area contributed by atoms with Crippen LogP contribution in [0.3, 0.4) is 0 Å². The van der Waals surface area contributed by atoms with Crippen molar-refractivity contribution in [2.24, 2.45) is 10.8 Å². The smallest absolute Gasteiger partial charge is 0.0948 e. The first-order chi connectivity index (χ1) is 5.40. The van der Waals surface area contributed by atoms with E-state index in [4.69, 9.17) is 5.73 Å². The van der Waals surface area contributed by atoms with E-state index in [-0.39, 0.29) is 0 Å². The summed E-state index contributed by atoms with van der Waals surface area (Å²) in [6, 6.07) is 5.94. The van der Waals surface area contributed by atoms with E-state index in [1.807, 2.05) is 18.2 Å². The molecule has 0 saturated heterocycles. The SMILES string of the molecule is NCc1ccc2c(c1)=N[N]C=2. The van der Waals surface area contributed by atoms with Crippen LogP contribution in [0, 0.1) is 0 Å². The standard InChI is InChI=1S/C8H8N3/c9-4-6-1-2-7-5-10-11-8(7)3-6/h1-3,5H,4,9H2. The summed E-state index contributed by atoms with van der Waals surface area (Å²) >= 11 is 0. The van der Waals surface area contributed by atoms with Crippen molar-refractivity contribution in [1.82, 2.24) is 5.43 Å². The first-order valence-corrected chi connectivity index (χ1v) is 3.47. The molecule has 0 atom stereocenters. The molecule has 0 fully saturated rings. The van der Waals surface area contributed by atoms with Gasteiger partial charge in [-0.05, 0) is 11.6 Å². The van der Waals surface area contributed by atoms with Gasteiger partial charge in [0.25, 0.3) is 0 Å². The van der Waals surface area contributed by atoms with Crippen molar-refractivity contribution in [2.75, 3.05) is 0 Å². The Balaban J connectivity index is 2.69. The van der Waals surface area contributed by atoms with E-state index in [9.17, 15) is 0 Å². The summed E-state index contributed by atoms with van der Waals surface area (Å²) in [6.45, 7) is 0.558. The molecule has 2 N–H and O–H groups in total. The van der Waals surface area contributed by atoms with E-state index < -0.39 is 0 Å². The Bertz CT molecular complexity index is 381. The van der Waals surface area contributed by atoms with Crippen LogP contribution in [-0.2, 0) is 6.54 Å². The third-order valence-electron chi connectivity index (χ3n) is 1.69. The van der Waals surface area contributed by atoms with Gasteiger partial charge in [-0.3, -0.25) is 0 Å². The summed E-state index contributed by atoms with van der Waals surface area (Å²) in [6.07, 6.45) is 1.75. The molecule has 1 aliphatic rings. The number of hydrogen-bond donors (Lipinski definition) is 1. The van der Waals surface area contributed by atoms with Gasteiger partial charge in [-0.15, -0.1) is 0 Å². The molecule has 0 spiro atoms.